The molecule has 1 fully saturated rings. The maximum Gasteiger partial charge on any atom is 0.228 e. The van der Waals surface area contributed by atoms with Crippen molar-refractivity contribution >= 4 is 22.6 Å². The largest absolute Gasteiger partial charge is 0.296 e. The van der Waals surface area contributed by atoms with Crippen molar-refractivity contribution in [3.63, 3.8) is 0 Å². The number of carbonyl (C=O) groups excluding carboxylic acids is 1. The number of hydrogen-bond donors (Lipinski definition) is 2. The minimum absolute atomic E-state index is 0.0414. The highest BCUT2D eigenvalue weighted by Gasteiger charge is 2.29. The molecule has 4 rings (SSSR count). The average molecular weight is 335 g/mol. The van der Waals surface area contributed by atoms with Crippen LogP contribution in [0.3, 0.4) is 0 Å². The number of amides is 1. The van der Waals surface area contributed by atoms with Gasteiger partial charge in [0.1, 0.15) is 6.33 Å². The summed E-state index contributed by atoms with van der Waals surface area (Å²) in [5.41, 5.74) is 1.32. The van der Waals surface area contributed by atoms with Gasteiger partial charge in [0.05, 0.1) is 0 Å². The first-order valence-corrected chi connectivity index (χ1v) is 8.65. The van der Waals surface area contributed by atoms with Crippen LogP contribution in [0.15, 0.2) is 48.8 Å². The van der Waals surface area contributed by atoms with Crippen LogP contribution in [0.4, 0.5) is 5.95 Å². The Kier molecular flexibility index (Phi) is 4.43. The Labute approximate surface area is 146 Å². The molecule has 0 atom stereocenters. The number of anilines is 1. The van der Waals surface area contributed by atoms with Gasteiger partial charge in [0, 0.05) is 25.6 Å². The van der Waals surface area contributed by atoms with E-state index in [9.17, 15) is 4.79 Å². The average Bonchev–Trinajstić information content (AvgIpc) is 3.36. The smallest absolute Gasteiger partial charge is 0.228 e. The number of H-pyrrole nitrogens is 1. The molecule has 6 nitrogen and oxygen atoms in total. The summed E-state index contributed by atoms with van der Waals surface area (Å²) < 4.78 is 0. The minimum Gasteiger partial charge on any atom is -0.296 e. The van der Waals surface area contributed by atoms with Crippen molar-refractivity contribution in [2.45, 2.75) is 31.8 Å². The molecule has 0 radical (unpaired) electrons. The fraction of sp³-hybridized carbons (Fsp3) is 0.316. The van der Waals surface area contributed by atoms with E-state index >= 15 is 0 Å². The molecule has 1 aliphatic rings. The quantitative estimate of drug-likeness (QED) is 0.696. The van der Waals surface area contributed by atoms with Gasteiger partial charge >= 0.3 is 0 Å². The monoisotopic (exact) mass is 335 g/mol. The standard InChI is InChI=1S/C19H21N5O/c25-18(22-19-20-13-21-23-19)10-11-24(16-8-9-16)12-15-6-3-5-14-4-1-2-7-17(14)15/h1-7,13,16H,8-12H2,(H2,20,21,22,23,25). The zero-order valence-corrected chi connectivity index (χ0v) is 14.0. The first-order chi connectivity index (χ1) is 12.3. The Morgan fingerprint density at radius 3 is 2.84 bits per heavy atom. The lowest BCUT2D eigenvalue weighted by Gasteiger charge is -2.22. The molecule has 2 N–H and O–H groups in total. The Balaban J connectivity index is 1.42. The van der Waals surface area contributed by atoms with Gasteiger partial charge in [-0.3, -0.25) is 15.0 Å². The molecule has 1 heterocycles. The second-order valence-electron chi connectivity index (χ2n) is 6.47. The number of nitrogens with one attached hydrogen (secondary N) is 2. The van der Waals surface area contributed by atoms with Gasteiger partial charge in [0.2, 0.25) is 11.9 Å². The second kappa shape index (κ2) is 7.03. The summed E-state index contributed by atoms with van der Waals surface area (Å²) in [6.07, 6.45) is 4.26. The number of carbonyl (C=O) groups is 1. The molecule has 1 aromatic heterocycles. The Morgan fingerprint density at radius 1 is 1.20 bits per heavy atom. The first-order valence-electron chi connectivity index (χ1n) is 8.65. The number of nitrogens with zero attached hydrogens (tertiary/aromatic N) is 3. The van der Waals surface area contributed by atoms with E-state index in [0.717, 1.165) is 13.1 Å². The van der Waals surface area contributed by atoms with Gasteiger partial charge in [0.15, 0.2) is 0 Å². The molecule has 0 unspecified atom stereocenters. The fourth-order valence-electron chi connectivity index (χ4n) is 3.18. The van der Waals surface area contributed by atoms with E-state index in [-0.39, 0.29) is 5.91 Å². The summed E-state index contributed by atoms with van der Waals surface area (Å²) >= 11 is 0. The summed E-state index contributed by atoms with van der Waals surface area (Å²) in [6, 6.07) is 15.5. The predicted molar refractivity (Wildman–Crippen MR) is 97.0 cm³/mol. The van der Waals surface area contributed by atoms with Gasteiger partial charge in [-0.05, 0) is 29.2 Å². The van der Waals surface area contributed by atoms with Crippen molar-refractivity contribution in [2.75, 3.05) is 11.9 Å². The molecule has 3 aromatic rings. The zero-order chi connectivity index (χ0) is 17.1. The van der Waals surface area contributed by atoms with Gasteiger partial charge in [-0.25, -0.2) is 5.10 Å². The minimum atomic E-state index is -0.0414. The number of benzene rings is 2. The van der Waals surface area contributed by atoms with E-state index in [4.69, 9.17) is 0 Å². The van der Waals surface area contributed by atoms with Gasteiger partial charge < -0.3 is 0 Å². The Morgan fingerprint density at radius 2 is 2.04 bits per heavy atom. The van der Waals surface area contributed by atoms with Crippen molar-refractivity contribution in [3.05, 3.63) is 54.4 Å². The van der Waals surface area contributed by atoms with Crippen molar-refractivity contribution in [3.8, 4) is 0 Å². The zero-order valence-electron chi connectivity index (χ0n) is 14.0. The van der Waals surface area contributed by atoms with Gasteiger partial charge in [-0.1, -0.05) is 42.5 Å². The summed E-state index contributed by atoms with van der Waals surface area (Å²) in [4.78, 5) is 18.4. The van der Waals surface area contributed by atoms with Crippen molar-refractivity contribution in [2.24, 2.45) is 0 Å². The van der Waals surface area contributed by atoms with Crippen LogP contribution in [-0.2, 0) is 11.3 Å². The molecule has 1 amide bonds. The maximum absolute atomic E-state index is 12.1. The van der Waals surface area contributed by atoms with Crippen LogP contribution in [0, 0.1) is 0 Å². The summed E-state index contributed by atoms with van der Waals surface area (Å²) in [5.74, 6) is 0.359. The van der Waals surface area contributed by atoms with Crippen LogP contribution in [0.2, 0.25) is 0 Å². The molecule has 128 valence electrons. The van der Waals surface area contributed by atoms with Crippen LogP contribution in [0.1, 0.15) is 24.8 Å². The van der Waals surface area contributed by atoms with Crippen LogP contribution in [-0.4, -0.2) is 38.6 Å². The highest BCUT2D eigenvalue weighted by Crippen LogP contribution is 2.30. The third kappa shape index (κ3) is 3.85. The van der Waals surface area contributed by atoms with Crippen LogP contribution in [0.5, 0.6) is 0 Å². The third-order valence-electron chi connectivity index (χ3n) is 4.62. The Bertz CT molecular complexity index is 852. The molecular formula is C19H21N5O. The third-order valence-corrected chi connectivity index (χ3v) is 4.62. The number of aromatic nitrogens is 3. The summed E-state index contributed by atoms with van der Waals surface area (Å²) in [7, 11) is 0. The van der Waals surface area contributed by atoms with Crippen molar-refractivity contribution in [1.29, 1.82) is 0 Å². The predicted octanol–water partition coefficient (Wildman–Crippen LogP) is 2.95. The second-order valence-corrected chi connectivity index (χ2v) is 6.47. The molecule has 6 heteroatoms. The van der Waals surface area contributed by atoms with E-state index < -0.39 is 0 Å². The van der Waals surface area contributed by atoms with E-state index in [0.29, 0.717) is 18.4 Å². The lowest BCUT2D eigenvalue weighted by Crippen LogP contribution is -2.29. The number of rotatable bonds is 7. The Hall–Kier alpha value is -2.73. The maximum atomic E-state index is 12.1. The highest BCUT2D eigenvalue weighted by molar-refractivity contribution is 5.89. The van der Waals surface area contributed by atoms with Crippen LogP contribution >= 0.6 is 0 Å². The van der Waals surface area contributed by atoms with Crippen molar-refractivity contribution < 1.29 is 4.79 Å². The molecule has 2 aromatic carbocycles. The number of hydrogen-bond acceptors (Lipinski definition) is 4. The molecule has 0 aliphatic heterocycles. The van der Waals surface area contributed by atoms with E-state index in [1.54, 1.807) is 0 Å². The molecule has 25 heavy (non-hydrogen) atoms. The molecule has 1 saturated carbocycles. The van der Waals surface area contributed by atoms with Crippen LogP contribution < -0.4 is 5.32 Å². The van der Waals surface area contributed by atoms with E-state index in [2.05, 4.69) is 67.9 Å². The van der Waals surface area contributed by atoms with Crippen molar-refractivity contribution in [1.82, 2.24) is 20.1 Å². The summed E-state index contributed by atoms with van der Waals surface area (Å²) in [6.45, 7) is 1.62. The number of aromatic amines is 1. The molecule has 0 saturated heterocycles. The first kappa shape index (κ1) is 15.8. The molecule has 0 bridgehead atoms. The molecule has 1 aliphatic carbocycles. The molecular weight excluding hydrogens is 314 g/mol. The van der Waals surface area contributed by atoms with Gasteiger partial charge in [-0.2, -0.15) is 10.1 Å². The lowest BCUT2D eigenvalue weighted by atomic mass is 10.0. The van der Waals surface area contributed by atoms with Crippen LogP contribution in [0.25, 0.3) is 10.8 Å². The van der Waals surface area contributed by atoms with Gasteiger partial charge in [0.25, 0.3) is 0 Å². The molecule has 0 spiro atoms. The summed E-state index contributed by atoms with van der Waals surface area (Å²) in [5, 5.41) is 11.7. The fourth-order valence-corrected chi connectivity index (χ4v) is 3.18. The SMILES string of the molecule is O=C(CCN(Cc1cccc2ccccc12)C1CC1)Nc1ncn[nH]1. The normalized spacial score (nSPS) is 14.1. The topological polar surface area (TPSA) is 73.9 Å². The lowest BCUT2D eigenvalue weighted by molar-refractivity contribution is -0.116. The highest BCUT2D eigenvalue weighted by atomic mass is 16.1. The van der Waals surface area contributed by atoms with E-state index in [1.165, 1.54) is 35.5 Å². The van der Waals surface area contributed by atoms with Gasteiger partial charge in [-0.15, -0.1) is 0 Å². The van der Waals surface area contributed by atoms with E-state index in [1.807, 2.05) is 0 Å². The number of fused-ring (bicyclic) bond motifs is 1.